The third-order valence-electron chi connectivity index (χ3n) is 4.79. The molecule has 0 bridgehead atoms. The molecule has 4 atom stereocenters. The standard InChI is InChI=1S/C18H30O6/c1-16(2,3)15(20)21-8-7-13-18(6)11-22-17(4,5)24-14(18)9-12(10-19)23-13/h10,12-14H,7-9,11H2,1-6H3/t12-,13-,14+,18-/m1/s1. The molecule has 2 fully saturated rings. The summed E-state index contributed by atoms with van der Waals surface area (Å²) in [5.74, 6) is -0.915. The molecule has 0 N–H and O–H groups in total. The van der Waals surface area contributed by atoms with E-state index in [-0.39, 0.29) is 30.2 Å². The third-order valence-corrected chi connectivity index (χ3v) is 4.79. The maximum absolute atomic E-state index is 11.9. The van der Waals surface area contributed by atoms with E-state index in [1.165, 1.54) is 0 Å². The number of carbonyl (C=O) groups excluding carboxylic acids is 2. The van der Waals surface area contributed by atoms with Gasteiger partial charge >= 0.3 is 5.97 Å². The number of hydrogen-bond acceptors (Lipinski definition) is 6. The molecule has 0 spiro atoms. The fraction of sp³-hybridized carbons (Fsp3) is 0.889. The molecule has 0 unspecified atom stereocenters. The van der Waals surface area contributed by atoms with Gasteiger partial charge in [-0.25, -0.2) is 0 Å². The zero-order chi connectivity index (χ0) is 18.2. The lowest BCUT2D eigenvalue weighted by Crippen LogP contribution is -2.62. The molecule has 6 heteroatoms. The van der Waals surface area contributed by atoms with Crippen molar-refractivity contribution < 1.29 is 28.5 Å². The number of carbonyl (C=O) groups is 2. The zero-order valence-electron chi connectivity index (χ0n) is 15.6. The van der Waals surface area contributed by atoms with Crippen LogP contribution < -0.4 is 0 Å². The van der Waals surface area contributed by atoms with Gasteiger partial charge in [0.05, 0.1) is 30.8 Å². The highest BCUT2D eigenvalue weighted by molar-refractivity contribution is 5.75. The number of esters is 1. The number of fused-ring (bicyclic) bond motifs is 1. The van der Waals surface area contributed by atoms with Gasteiger partial charge in [0.15, 0.2) is 5.79 Å². The zero-order valence-corrected chi connectivity index (χ0v) is 15.6. The van der Waals surface area contributed by atoms with Crippen LogP contribution >= 0.6 is 0 Å². The van der Waals surface area contributed by atoms with E-state index < -0.39 is 17.3 Å². The summed E-state index contributed by atoms with van der Waals surface area (Å²) in [4.78, 5) is 23.2. The highest BCUT2D eigenvalue weighted by atomic mass is 16.7. The molecule has 0 aromatic rings. The minimum Gasteiger partial charge on any atom is -0.465 e. The summed E-state index contributed by atoms with van der Waals surface area (Å²) < 4.78 is 23.2. The largest absolute Gasteiger partial charge is 0.465 e. The Morgan fingerprint density at radius 3 is 2.54 bits per heavy atom. The molecular weight excluding hydrogens is 312 g/mol. The molecule has 0 saturated carbocycles. The topological polar surface area (TPSA) is 71.1 Å². The Morgan fingerprint density at radius 2 is 1.96 bits per heavy atom. The van der Waals surface area contributed by atoms with Crippen LogP contribution in [0, 0.1) is 10.8 Å². The quantitative estimate of drug-likeness (QED) is 0.577. The second kappa shape index (κ2) is 6.73. The van der Waals surface area contributed by atoms with Crippen molar-refractivity contribution in [2.45, 2.75) is 78.5 Å². The van der Waals surface area contributed by atoms with Crippen molar-refractivity contribution in [3.05, 3.63) is 0 Å². The first-order valence-electron chi connectivity index (χ1n) is 8.58. The van der Waals surface area contributed by atoms with E-state index in [2.05, 4.69) is 0 Å². The number of ether oxygens (including phenoxy) is 4. The van der Waals surface area contributed by atoms with Gasteiger partial charge in [-0.1, -0.05) is 6.92 Å². The monoisotopic (exact) mass is 342 g/mol. The van der Waals surface area contributed by atoms with Crippen LogP contribution in [-0.2, 0) is 28.5 Å². The van der Waals surface area contributed by atoms with E-state index in [0.717, 1.165) is 6.29 Å². The van der Waals surface area contributed by atoms with E-state index in [4.69, 9.17) is 18.9 Å². The number of rotatable bonds is 4. The summed E-state index contributed by atoms with van der Waals surface area (Å²) in [6.07, 6.45) is 0.945. The Balaban J connectivity index is 2.04. The first kappa shape index (κ1) is 19.3. The van der Waals surface area contributed by atoms with Crippen LogP contribution in [0.1, 0.15) is 54.4 Å². The maximum atomic E-state index is 11.9. The lowest BCUT2D eigenvalue weighted by atomic mass is 9.73. The van der Waals surface area contributed by atoms with Crippen LogP contribution in [-0.4, -0.2) is 49.6 Å². The van der Waals surface area contributed by atoms with Crippen LogP contribution in [0.25, 0.3) is 0 Å². The predicted octanol–water partition coefficient (Wildman–Crippen LogP) is 2.48. The van der Waals surface area contributed by atoms with Crippen molar-refractivity contribution in [2.24, 2.45) is 10.8 Å². The van der Waals surface area contributed by atoms with E-state index in [1.807, 2.05) is 41.5 Å². The lowest BCUT2D eigenvalue weighted by molar-refractivity contribution is -0.350. The Kier molecular flexibility index (Phi) is 5.43. The predicted molar refractivity (Wildman–Crippen MR) is 87.4 cm³/mol. The van der Waals surface area contributed by atoms with Crippen molar-refractivity contribution >= 4 is 12.3 Å². The molecule has 2 heterocycles. The Morgan fingerprint density at radius 1 is 1.29 bits per heavy atom. The van der Waals surface area contributed by atoms with Gasteiger partial charge in [0.25, 0.3) is 0 Å². The first-order valence-corrected chi connectivity index (χ1v) is 8.58. The average molecular weight is 342 g/mol. The van der Waals surface area contributed by atoms with E-state index >= 15 is 0 Å². The van der Waals surface area contributed by atoms with Gasteiger partial charge in [0.1, 0.15) is 12.4 Å². The number of aldehydes is 1. The van der Waals surface area contributed by atoms with Crippen molar-refractivity contribution in [1.82, 2.24) is 0 Å². The molecule has 2 aliphatic heterocycles. The fourth-order valence-corrected chi connectivity index (χ4v) is 3.14. The lowest BCUT2D eigenvalue weighted by Gasteiger charge is -2.54. The van der Waals surface area contributed by atoms with Gasteiger partial charge in [-0.05, 0) is 34.6 Å². The molecule has 0 aromatic carbocycles. The van der Waals surface area contributed by atoms with Crippen molar-refractivity contribution in [1.29, 1.82) is 0 Å². The van der Waals surface area contributed by atoms with Crippen LogP contribution in [0.15, 0.2) is 0 Å². The van der Waals surface area contributed by atoms with Gasteiger partial charge in [0, 0.05) is 18.3 Å². The van der Waals surface area contributed by atoms with Crippen LogP contribution in [0.5, 0.6) is 0 Å². The normalized spacial score (nSPS) is 35.8. The maximum Gasteiger partial charge on any atom is 0.311 e. The Labute approximate surface area is 144 Å². The van der Waals surface area contributed by atoms with E-state index in [1.54, 1.807) is 0 Å². The second-order valence-corrected chi connectivity index (χ2v) is 8.51. The summed E-state index contributed by atoms with van der Waals surface area (Å²) in [5.41, 5.74) is -0.907. The van der Waals surface area contributed by atoms with Crippen LogP contribution in [0.4, 0.5) is 0 Å². The molecule has 2 aliphatic rings. The molecule has 0 aliphatic carbocycles. The molecule has 0 amide bonds. The highest BCUT2D eigenvalue weighted by Crippen LogP contribution is 2.45. The summed E-state index contributed by atoms with van der Waals surface area (Å²) in [6, 6.07) is 0. The first-order chi connectivity index (χ1) is 11.0. The summed E-state index contributed by atoms with van der Waals surface area (Å²) in [6.45, 7) is 12.0. The number of hydrogen-bond donors (Lipinski definition) is 0. The second-order valence-electron chi connectivity index (χ2n) is 8.51. The smallest absolute Gasteiger partial charge is 0.311 e. The van der Waals surface area contributed by atoms with Crippen molar-refractivity contribution in [2.75, 3.05) is 13.2 Å². The summed E-state index contributed by atoms with van der Waals surface area (Å²) >= 11 is 0. The average Bonchev–Trinajstić information content (AvgIpc) is 2.47. The third kappa shape index (κ3) is 4.16. The van der Waals surface area contributed by atoms with Gasteiger partial charge in [0.2, 0.25) is 0 Å². The minimum atomic E-state index is -0.668. The molecule has 2 saturated heterocycles. The minimum absolute atomic E-state index is 0.131. The van der Waals surface area contributed by atoms with Gasteiger partial charge < -0.3 is 23.7 Å². The fourth-order valence-electron chi connectivity index (χ4n) is 3.14. The van der Waals surface area contributed by atoms with E-state index in [9.17, 15) is 9.59 Å². The Hall–Kier alpha value is -0.980. The Bertz CT molecular complexity index is 480. The SMILES string of the molecule is CC1(C)OC[C@@]2(C)[C@H](C[C@H](C=O)O[C@@H]2CCOC(=O)C(C)(C)C)O1. The molecule has 138 valence electrons. The van der Waals surface area contributed by atoms with Gasteiger partial charge in [-0.2, -0.15) is 0 Å². The molecular formula is C18H30O6. The van der Waals surface area contributed by atoms with E-state index in [0.29, 0.717) is 19.4 Å². The van der Waals surface area contributed by atoms with Crippen LogP contribution in [0.3, 0.4) is 0 Å². The van der Waals surface area contributed by atoms with Crippen molar-refractivity contribution in [3.8, 4) is 0 Å². The van der Waals surface area contributed by atoms with Gasteiger partial charge in [-0.15, -0.1) is 0 Å². The summed E-state index contributed by atoms with van der Waals surface area (Å²) in [5, 5.41) is 0. The highest BCUT2D eigenvalue weighted by Gasteiger charge is 2.54. The molecule has 24 heavy (non-hydrogen) atoms. The van der Waals surface area contributed by atoms with Crippen molar-refractivity contribution in [3.63, 3.8) is 0 Å². The summed E-state index contributed by atoms with van der Waals surface area (Å²) in [7, 11) is 0. The molecule has 0 radical (unpaired) electrons. The molecule has 0 aromatic heterocycles. The molecule has 6 nitrogen and oxygen atoms in total. The van der Waals surface area contributed by atoms with Crippen LogP contribution in [0.2, 0.25) is 0 Å². The van der Waals surface area contributed by atoms with Gasteiger partial charge in [-0.3, -0.25) is 4.79 Å². The molecule has 2 rings (SSSR count).